The van der Waals surface area contributed by atoms with Crippen LogP contribution in [0.3, 0.4) is 0 Å². The quantitative estimate of drug-likeness (QED) is 0.696. The van der Waals surface area contributed by atoms with Crippen molar-refractivity contribution < 1.29 is 0 Å². The van der Waals surface area contributed by atoms with Crippen LogP contribution >= 0.6 is 23.2 Å². The van der Waals surface area contributed by atoms with Crippen molar-refractivity contribution in [3.63, 3.8) is 0 Å². The summed E-state index contributed by atoms with van der Waals surface area (Å²) in [4.78, 5) is 4.69. The third kappa shape index (κ3) is 1.50. The smallest absolute Gasteiger partial charge is 0.0709 e. The van der Waals surface area contributed by atoms with Gasteiger partial charge in [-0.05, 0) is 48.6 Å². The molecule has 3 rings (SSSR count). The van der Waals surface area contributed by atoms with E-state index >= 15 is 0 Å². The van der Waals surface area contributed by atoms with Gasteiger partial charge < -0.3 is 0 Å². The molecule has 0 atom stereocenters. The second kappa shape index (κ2) is 3.90. The maximum atomic E-state index is 6.07. The monoisotopic (exact) mass is 251 g/mol. The highest BCUT2D eigenvalue weighted by Gasteiger charge is 2.18. The Bertz CT molecular complexity index is 563. The summed E-state index contributed by atoms with van der Waals surface area (Å²) in [5.41, 5.74) is 4.82. The van der Waals surface area contributed by atoms with Crippen molar-refractivity contribution >= 4 is 34.1 Å². The van der Waals surface area contributed by atoms with Gasteiger partial charge in [-0.1, -0.05) is 11.6 Å². The number of hydrogen-bond donors (Lipinski definition) is 0. The zero-order valence-electron chi connectivity index (χ0n) is 8.76. The Morgan fingerprint density at radius 2 is 2.12 bits per heavy atom. The lowest BCUT2D eigenvalue weighted by Gasteiger charge is -2.10. The second-order valence-corrected chi connectivity index (χ2v) is 4.87. The summed E-state index contributed by atoms with van der Waals surface area (Å²) < 4.78 is 0. The molecule has 1 aliphatic carbocycles. The summed E-state index contributed by atoms with van der Waals surface area (Å²) in [6.45, 7) is 0. The normalized spacial score (nSPS) is 14.4. The number of fused-ring (bicyclic) bond motifs is 2. The van der Waals surface area contributed by atoms with E-state index in [4.69, 9.17) is 23.2 Å². The van der Waals surface area contributed by atoms with Crippen LogP contribution < -0.4 is 0 Å². The van der Waals surface area contributed by atoms with Gasteiger partial charge in [0.15, 0.2) is 0 Å². The number of halogens is 2. The molecule has 0 unspecified atom stereocenters. The molecule has 0 aliphatic heterocycles. The fourth-order valence-electron chi connectivity index (χ4n) is 2.48. The third-order valence-corrected chi connectivity index (χ3v) is 3.73. The molecule has 0 saturated carbocycles. The van der Waals surface area contributed by atoms with Crippen LogP contribution in [-0.4, -0.2) is 4.98 Å². The summed E-state index contributed by atoms with van der Waals surface area (Å²) in [6, 6.07) is 5.84. The van der Waals surface area contributed by atoms with E-state index in [0.29, 0.717) is 5.88 Å². The van der Waals surface area contributed by atoms with Gasteiger partial charge in [-0.15, -0.1) is 11.6 Å². The van der Waals surface area contributed by atoms with Gasteiger partial charge in [-0.3, -0.25) is 4.98 Å². The van der Waals surface area contributed by atoms with Crippen molar-refractivity contribution in [2.75, 3.05) is 0 Å². The van der Waals surface area contributed by atoms with E-state index in [1.54, 1.807) is 0 Å². The fourth-order valence-corrected chi connectivity index (χ4v) is 2.96. The summed E-state index contributed by atoms with van der Waals surface area (Å²) in [7, 11) is 0. The Labute approximate surface area is 104 Å². The molecule has 0 N–H and O–H groups in total. The lowest BCUT2D eigenvalue weighted by atomic mass is 10.0. The summed E-state index contributed by atoms with van der Waals surface area (Å²) in [5.74, 6) is 0.543. The second-order valence-electron chi connectivity index (χ2n) is 4.16. The van der Waals surface area contributed by atoms with E-state index in [1.165, 1.54) is 23.2 Å². The van der Waals surface area contributed by atoms with E-state index in [1.807, 2.05) is 18.2 Å². The number of alkyl halides is 1. The van der Waals surface area contributed by atoms with Crippen LogP contribution in [0.15, 0.2) is 18.2 Å². The number of aryl methyl sites for hydroxylation is 1. The number of benzene rings is 1. The molecule has 1 aromatic carbocycles. The average Bonchev–Trinajstić information content (AvgIpc) is 2.73. The highest BCUT2D eigenvalue weighted by molar-refractivity contribution is 6.31. The molecule has 0 radical (unpaired) electrons. The molecule has 0 bridgehead atoms. The van der Waals surface area contributed by atoms with Gasteiger partial charge in [0.1, 0.15) is 0 Å². The molecule has 0 amide bonds. The highest BCUT2D eigenvalue weighted by Crippen LogP contribution is 2.32. The minimum absolute atomic E-state index is 0.543. The molecular weight excluding hydrogens is 241 g/mol. The van der Waals surface area contributed by atoms with Gasteiger partial charge in [0.2, 0.25) is 0 Å². The molecule has 1 heterocycles. The first kappa shape index (κ1) is 10.4. The standard InChI is InChI=1S/C13H11Cl2N/c14-7-11-9-2-1-3-12(9)16-13-5-4-8(15)6-10(11)13/h4-6H,1-3,7H2. The van der Waals surface area contributed by atoms with Crippen LogP contribution in [-0.2, 0) is 18.7 Å². The van der Waals surface area contributed by atoms with E-state index in [9.17, 15) is 0 Å². The topological polar surface area (TPSA) is 12.9 Å². The summed E-state index contributed by atoms with van der Waals surface area (Å²) >= 11 is 12.1. The van der Waals surface area contributed by atoms with Gasteiger partial charge in [0.25, 0.3) is 0 Å². The first-order chi connectivity index (χ1) is 7.79. The minimum Gasteiger partial charge on any atom is -0.253 e. The summed E-state index contributed by atoms with van der Waals surface area (Å²) in [5, 5.41) is 1.86. The Morgan fingerprint density at radius 3 is 2.94 bits per heavy atom. The van der Waals surface area contributed by atoms with E-state index < -0.39 is 0 Å². The van der Waals surface area contributed by atoms with Crippen LogP contribution in [0.1, 0.15) is 23.2 Å². The molecule has 3 heteroatoms. The van der Waals surface area contributed by atoms with Gasteiger partial charge in [0.05, 0.1) is 5.52 Å². The van der Waals surface area contributed by atoms with E-state index in [2.05, 4.69) is 4.98 Å². The minimum atomic E-state index is 0.543. The molecule has 0 spiro atoms. The van der Waals surface area contributed by atoms with Crippen molar-refractivity contribution in [3.05, 3.63) is 40.0 Å². The first-order valence-corrected chi connectivity index (χ1v) is 6.36. The lowest BCUT2D eigenvalue weighted by molar-refractivity contribution is 0.899. The molecule has 2 aromatic rings. The van der Waals surface area contributed by atoms with Gasteiger partial charge in [-0.2, -0.15) is 0 Å². The van der Waals surface area contributed by atoms with Crippen molar-refractivity contribution in [2.45, 2.75) is 25.1 Å². The zero-order chi connectivity index (χ0) is 11.1. The van der Waals surface area contributed by atoms with Crippen molar-refractivity contribution in [1.29, 1.82) is 0 Å². The van der Waals surface area contributed by atoms with Crippen molar-refractivity contribution in [3.8, 4) is 0 Å². The average molecular weight is 252 g/mol. The van der Waals surface area contributed by atoms with Crippen LogP contribution in [0.5, 0.6) is 0 Å². The molecular formula is C13H11Cl2N. The van der Waals surface area contributed by atoms with Gasteiger partial charge in [0, 0.05) is 22.0 Å². The lowest BCUT2D eigenvalue weighted by Crippen LogP contribution is -1.96. The SMILES string of the molecule is ClCc1c2c(nc3ccc(Cl)cc13)CCC2. The molecule has 1 nitrogen and oxygen atoms in total. The Morgan fingerprint density at radius 1 is 1.25 bits per heavy atom. The molecule has 0 fully saturated rings. The Hall–Kier alpha value is -0.790. The first-order valence-electron chi connectivity index (χ1n) is 5.45. The maximum Gasteiger partial charge on any atom is 0.0709 e. The number of rotatable bonds is 1. The molecule has 1 aliphatic rings. The molecule has 82 valence electrons. The number of hydrogen-bond acceptors (Lipinski definition) is 1. The number of pyridine rings is 1. The van der Waals surface area contributed by atoms with Gasteiger partial charge >= 0.3 is 0 Å². The van der Waals surface area contributed by atoms with Crippen LogP contribution in [0.25, 0.3) is 10.9 Å². The van der Waals surface area contributed by atoms with Crippen LogP contribution in [0.2, 0.25) is 5.02 Å². The van der Waals surface area contributed by atoms with E-state index in [0.717, 1.165) is 28.8 Å². The fraction of sp³-hybridized carbons (Fsp3) is 0.308. The molecule has 1 aromatic heterocycles. The molecule has 16 heavy (non-hydrogen) atoms. The van der Waals surface area contributed by atoms with E-state index in [-0.39, 0.29) is 0 Å². The molecule has 0 saturated heterocycles. The van der Waals surface area contributed by atoms with Crippen LogP contribution in [0, 0.1) is 0 Å². The highest BCUT2D eigenvalue weighted by atomic mass is 35.5. The van der Waals surface area contributed by atoms with Gasteiger partial charge in [-0.25, -0.2) is 0 Å². The largest absolute Gasteiger partial charge is 0.253 e. The number of aromatic nitrogens is 1. The number of nitrogens with zero attached hydrogens (tertiary/aromatic N) is 1. The zero-order valence-corrected chi connectivity index (χ0v) is 10.3. The Balaban J connectivity index is 2.40. The van der Waals surface area contributed by atoms with Crippen molar-refractivity contribution in [1.82, 2.24) is 4.98 Å². The van der Waals surface area contributed by atoms with Crippen LogP contribution in [0.4, 0.5) is 0 Å². The predicted molar refractivity (Wildman–Crippen MR) is 68.3 cm³/mol. The Kier molecular flexibility index (Phi) is 2.53. The third-order valence-electron chi connectivity index (χ3n) is 3.23. The van der Waals surface area contributed by atoms with Crippen molar-refractivity contribution in [2.24, 2.45) is 0 Å². The maximum absolute atomic E-state index is 6.07. The predicted octanol–water partition coefficient (Wildman–Crippen LogP) is 4.12. The summed E-state index contributed by atoms with van der Waals surface area (Å²) in [6.07, 6.45) is 3.38.